The molecular weight excluding hydrogens is 416 g/mol. The van der Waals surface area contributed by atoms with Crippen LogP contribution in [0.2, 0.25) is 5.02 Å². The lowest BCUT2D eigenvalue weighted by atomic mass is 10.1. The summed E-state index contributed by atoms with van der Waals surface area (Å²) in [6.45, 7) is 4.67. The molecule has 0 spiro atoms. The zero-order chi connectivity index (χ0) is 22.6. The molecule has 0 radical (unpaired) electrons. The van der Waals surface area contributed by atoms with Gasteiger partial charge < -0.3 is 19.7 Å². The van der Waals surface area contributed by atoms with E-state index in [4.69, 9.17) is 21.1 Å². The van der Waals surface area contributed by atoms with Crippen molar-refractivity contribution in [2.45, 2.75) is 45.7 Å². The van der Waals surface area contributed by atoms with Gasteiger partial charge in [0.2, 0.25) is 5.91 Å². The second kappa shape index (κ2) is 12.8. The molecule has 1 unspecified atom stereocenters. The van der Waals surface area contributed by atoms with Gasteiger partial charge in [-0.25, -0.2) is 0 Å². The SMILES string of the molecule is CCCCNC(=O)C(CC)N(Cc1ccc(OC)cc1)C(=O)COc1cccc(Cl)c1. The molecule has 0 aromatic heterocycles. The normalized spacial score (nSPS) is 11.5. The summed E-state index contributed by atoms with van der Waals surface area (Å²) < 4.78 is 10.9. The van der Waals surface area contributed by atoms with Crippen LogP contribution in [0.3, 0.4) is 0 Å². The molecule has 1 N–H and O–H groups in total. The Morgan fingerprint density at radius 1 is 1.10 bits per heavy atom. The third-order valence-corrected chi connectivity index (χ3v) is 5.12. The van der Waals surface area contributed by atoms with Crippen molar-refractivity contribution >= 4 is 23.4 Å². The zero-order valence-corrected chi connectivity index (χ0v) is 19.2. The summed E-state index contributed by atoms with van der Waals surface area (Å²) in [5, 5.41) is 3.47. The molecule has 168 valence electrons. The van der Waals surface area contributed by atoms with Crippen molar-refractivity contribution in [3.63, 3.8) is 0 Å². The average molecular weight is 447 g/mol. The Morgan fingerprint density at radius 3 is 2.45 bits per heavy atom. The molecule has 0 saturated heterocycles. The number of nitrogens with zero attached hydrogens (tertiary/aromatic N) is 1. The number of rotatable bonds is 12. The summed E-state index contributed by atoms with van der Waals surface area (Å²) in [6, 6.07) is 13.7. The van der Waals surface area contributed by atoms with Gasteiger partial charge in [0.25, 0.3) is 5.91 Å². The molecule has 2 aromatic rings. The van der Waals surface area contributed by atoms with Crippen LogP contribution in [0.15, 0.2) is 48.5 Å². The van der Waals surface area contributed by atoms with E-state index in [9.17, 15) is 9.59 Å². The maximum Gasteiger partial charge on any atom is 0.261 e. The molecule has 6 nitrogen and oxygen atoms in total. The minimum absolute atomic E-state index is 0.152. The van der Waals surface area contributed by atoms with Crippen molar-refractivity contribution in [1.29, 1.82) is 0 Å². The van der Waals surface area contributed by atoms with Gasteiger partial charge in [0.05, 0.1) is 7.11 Å². The molecule has 31 heavy (non-hydrogen) atoms. The van der Waals surface area contributed by atoms with Gasteiger partial charge in [-0.1, -0.05) is 50.1 Å². The predicted molar refractivity (Wildman–Crippen MR) is 122 cm³/mol. The number of benzene rings is 2. The summed E-state index contributed by atoms with van der Waals surface area (Å²) in [7, 11) is 1.60. The number of ether oxygens (including phenoxy) is 2. The van der Waals surface area contributed by atoms with Crippen molar-refractivity contribution < 1.29 is 19.1 Å². The van der Waals surface area contributed by atoms with E-state index in [1.807, 2.05) is 31.2 Å². The van der Waals surface area contributed by atoms with Crippen molar-refractivity contribution in [2.75, 3.05) is 20.3 Å². The van der Waals surface area contributed by atoms with Gasteiger partial charge in [-0.05, 0) is 48.7 Å². The Labute approximate surface area is 189 Å². The summed E-state index contributed by atoms with van der Waals surface area (Å²) >= 11 is 5.99. The van der Waals surface area contributed by atoms with E-state index in [1.54, 1.807) is 36.3 Å². The smallest absolute Gasteiger partial charge is 0.261 e. The van der Waals surface area contributed by atoms with Crippen LogP contribution in [0.4, 0.5) is 0 Å². The zero-order valence-electron chi connectivity index (χ0n) is 18.4. The maximum absolute atomic E-state index is 13.1. The molecule has 0 aliphatic rings. The minimum atomic E-state index is -0.589. The van der Waals surface area contributed by atoms with Gasteiger partial charge in [-0.3, -0.25) is 9.59 Å². The standard InChI is InChI=1S/C24H31ClN2O4/c1-4-6-14-26-24(29)22(5-2)27(16-18-10-12-20(30-3)13-11-18)23(28)17-31-21-9-7-8-19(25)15-21/h7-13,15,22H,4-6,14,16-17H2,1-3H3,(H,26,29). The number of carbonyl (C=O) groups is 2. The van der Waals surface area contributed by atoms with Crippen molar-refractivity contribution in [2.24, 2.45) is 0 Å². The lowest BCUT2D eigenvalue weighted by Crippen LogP contribution is -2.50. The van der Waals surface area contributed by atoms with Gasteiger partial charge in [0.1, 0.15) is 17.5 Å². The topological polar surface area (TPSA) is 67.9 Å². The number of hydrogen-bond donors (Lipinski definition) is 1. The quantitative estimate of drug-likeness (QED) is 0.489. The minimum Gasteiger partial charge on any atom is -0.497 e. The lowest BCUT2D eigenvalue weighted by Gasteiger charge is -2.30. The maximum atomic E-state index is 13.1. The summed E-state index contributed by atoms with van der Waals surface area (Å²) in [6.07, 6.45) is 2.38. The van der Waals surface area contributed by atoms with Crippen LogP contribution in [0, 0.1) is 0 Å². The van der Waals surface area contributed by atoms with Gasteiger partial charge in [0, 0.05) is 18.1 Å². The first-order valence-corrected chi connectivity index (χ1v) is 10.9. The van der Waals surface area contributed by atoms with Gasteiger partial charge in [-0.2, -0.15) is 0 Å². The summed E-state index contributed by atoms with van der Waals surface area (Å²) in [5.74, 6) is 0.815. The van der Waals surface area contributed by atoms with Crippen molar-refractivity contribution in [3.8, 4) is 11.5 Å². The average Bonchev–Trinajstić information content (AvgIpc) is 2.78. The molecule has 7 heteroatoms. The summed E-state index contributed by atoms with van der Waals surface area (Å²) in [5.41, 5.74) is 0.900. The van der Waals surface area contributed by atoms with Crippen LogP contribution in [0.1, 0.15) is 38.7 Å². The molecule has 0 fully saturated rings. The van der Waals surface area contributed by atoms with Crippen LogP contribution in [0.5, 0.6) is 11.5 Å². The molecule has 2 aromatic carbocycles. The molecular formula is C24H31ClN2O4. The first kappa shape index (κ1) is 24.5. The van der Waals surface area contributed by atoms with Crippen LogP contribution in [-0.2, 0) is 16.1 Å². The van der Waals surface area contributed by atoms with E-state index in [0.717, 1.165) is 24.2 Å². The molecule has 0 aliphatic heterocycles. The van der Waals surface area contributed by atoms with E-state index in [0.29, 0.717) is 30.3 Å². The molecule has 0 saturated carbocycles. The van der Waals surface area contributed by atoms with E-state index in [1.165, 1.54) is 0 Å². The fourth-order valence-corrected chi connectivity index (χ4v) is 3.32. The van der Waals surface area contributed by atoms with Crippen molar-refractivity contribution in [3.05, 3.63) is 59.1 Å². The monoisotopic (exact) mass is 446 g/mol. The second-order valence-corrected chi connectivity index (χ2v) is 7.62. The van der Waals surface area contributed by atoms with Crippen LogP contribution < -0.4 is 14.8 Å². The first-order chi connectivity index (χ1) is 15.0. The van der Waals surface area contributed by atoms with Gasteiger partial charge >= 0.3 is 0 Å². The van der Waals surface area contributed by atoms with Crippen LogP contribution >= 0.6 is 11.6 Å². The Balaban J connectivity index is 2.17. The van der Waals surface area contributed by atoms with E-state index >= 15 is 0 Å². The number of carbonyl (C=O) groups excluding carboxylic acids is 2. The predicted octanol–water partition coefficient (Wildman–Crippen LogP) is 4.45. The van der Waals surface area contributed by atoms with Gasteiger partial charge in [-0.15, -0.1) is 0 Å². The fourth-order valence-electron chi connectivity index (χ4n) is 3.14. The van der Waals surface area contributed by atoms with E-state index < -0.39 is 6.04 Å². The molecule has 2 rings (SSSR count). The Kier molecular flexibility index (Phi) is 10.2. The highest BCUT2D eigenvalue weighted by molar-refractivity contribution is 6.30. The van der Waals surface area contributed by atoms with Crippen molar-refractivity contribution in [1.82, 2.24) is 10.2 Å². The molecule has 2 amide bonds. The highest BCUT2D eigenvalue weighted by atomic mass is 35.5. The molecule has 0 aliphatic carbocycles. The Morgan fingerprint density at radius 2 is 1.84 bits per heavy atom. The number of unbranched alkanes of at least 4 members (excludes halogenated alkanes) is 1. The Bertz CT molecular complexity index is 842. The largest absolute Gasteiger partial charge is 0.497 e. The number of nitrogens with one attached hydrogen (secondary N) is 1. The van der Waals surface area contributed by atoms with Crippen LogP contribution in [0.25, 0.3) is 0 Å². The number of amides is 2. The van der Waals surface area contributed by atoms with Gasteiger partial charge in [0.15, 0.2) is 6.61 Å². The number of halogens is 1. The fraction of sp³-hybridized carbons (Fsp3) is 0.417. The third kappa shape index (κ3) is 7.79. The molecule has 1 atom stereocenters. The lowest BCUT2D eigenvalue weighted by molar-refractivity contribution is -0.143. The highest BCUT2D eigenvalue weighted by Crippen LogP contribution is 2.19. The molecule has 0 heterocycles. The number of hydrogen-bond acceptors (Lipinski definition) is 4. The van der Waals surface area contributed by atoms with E-state index in [2.05, 4.69) is 12.2 Å². The molecule has 0 bridgehead atoms. The first-order valence-electron chi connectivity index (χ1n) is 10.6. The highest BCUT2D eigenvalue weighted by Gasteiger charge is 2.28. The summed E-state index contributed by atoms with van der Waals surface area (Å²) in [4.78, 5) is 27.5. The number of methoxy groups -OCH3 is 1. The van der Waals surface area contributed by atoms with E-state index in [-0.39, 0.29) is 18.4 Å². The van der Waals surface area contributed by atoms with Crippen LogP contribution in [-0.4, -0.2) is 43.0 Å². The Hall–Kier alpha value is -2.73. The second-order valence-electron chi connectivity index (χ2n) is 7.18. The third-order valence-electron chi connectivity index (χ3n) is 4.89.